The van der Waals surface area contributed by atoms with Crippen LogP contribution >= 0.6 is 0 Å². The van der Waals surface area contributed by atoms with Crippen molar-refractivity contribution >= 4 is 0 Å². The van der Waals surface area contributed by atoms with Crippen LogP contribution in [-0.2, 0) is 0 Å². The minimum absolute atomic E-state index is 0.0210. The van der Waals surface area contributed by atoms with Crippen LogP contribution in [0.2, 0.25) is 0 Å². The van der Waals surface area contributed by atoms with E-state index in [4.69, 9.17) is 0 Å². The van der Waals surface area contributed by atoms with Crippen molar-refractivity contribution in [2.24, 2.45) is 5.41 Å². The van der Waals surface area contributed by atoms with Gasteiger partial charge in [-0.25, -0.2) is 0 Å². The summed E-state index contributed by atoms with van der Waals surface area (Å²) in [6.45, 7) is 3.58. The molecule has 0 spiro atoms. The topological polar surface area (TPSA) is 32.3 Å². The zero-order valence-corrected chi connectivity index (χ0v) is 9.26. The zero-order valence-electron chi connectivity index (χ0n) is 9.26. The van der Waals surface area contributed by atoms with E-state index < -0.39 is 0 Å². The molecule has 2 N–H and O–H groups in total. The maximum absolute atomic E-state index is 9.38. The second kappa shape index (κ2) is 4.19. The van der Waals surface area contributed by atoms with Crippen LogP contribution in [0.5, 0.6) is 0 Å². The Morgan fingerprint density at radius 3 is 2.36 bits per heavy atom. The Hall–Kier alpha value is -0.0800. The Kier molecular flexibility index (Phi) is 3.13. The van der Waals surface area contributed by atoms with Crippen LogP contribution in [0.4, 0.5) is 0 Å². The highest BCUT2D eigenvalue weighted by atomic mass is 16.3. The smallest absolute Gasteiger partial charge is 0.0541 e. The molecule has 0 atom stereocenters. The first-order valence-electron chi connectivity index (χ1n) is 6.09. The molecule has 2 aliphatic carbocycles. The lowest BCUT2D eigenvalue weighted by molar-refractivity contribution is 0.103. The first-order chi connectivity index (χ1) is 6.68. The van der Waals surface area contributed by atoms with Gasteiger partial charge in [-0.05, 0) is 43.9 Å². The molecule has 0 aromatic carbocycles. The summed E-state index contributed by atoms with van der Waals surface area (Å²) in [6.07, 6.45) is 8.51. The molecule has 0 bridgehead atoms. The van der Waals surface area contributed by atoms with Crippen LogP contribution in [0, 0.1) is 5.41 Å². The van der Waals surface area contributed by atoms with Crippen molar-refractivity contribution < 1.29 is 5.11 Å². The molecule has 0 unspecified atom stereocenters. The molecular weight excluding hydrogens is 174 g/mol. The molecular formula is C12H23NO. The molecule has 0 radical (unpaired) electrons. The first kappa shape index (κ1) is 10.4. The standard InChI is InChI=1S/C12H23NO/c1-12(7-2-8-12)9-13-10-3-5-11(14)6-4-10/h10-11,13-14H,2-9H2,1H3. The summed E-state index contributed by atoms with van der Waals surface area (Å²) < 4.78 is 0. The van der Waals surface area contributed by atoms with Crippen molar-refractivity contribution in [2.75, 3.05) is 6.54 Å². The third kappa shape index (κ3) is 2.48. The Morgan fingerprint density at radius 2 is 1.86 bits per heavy atom. The average Bonchev–Trinajstić information content (AvgIpc) is 2.14. The summed E-state index contributed by atoms with van der Waals surface area (Å²) >= 11 is 0. The molecule has 2 aliphatic rings. The van der Waals surface area contributed by atoms with Crippen molar-refractivity contribution in [1.29, 1.82) is 0 Å². The quantitative estimate of drug-likeness (QED) is 0.726. The van der Waals surface area contributed by atoms with Gasteiger partial charge < -0.3 is 10.4 Å². The van der Waals surface area contributed by atoms with Gasteiger partial charge in [0.05, 0.1) is 6.10 Å². The number of hydrogen-bond acceptors (Lipinski definition) is 2. The fourth-order valence-electron chi connectivity index (χ4n) is 2.63. The van der Waals surface area contributed by atoms with Gasteiger partial charge in [0.15, 0.2) is 0 Å². The third-order valence-corrected chi connectivity index (χ3v) is 4.07. The summed E-state index contributed by atoms with van der Waals surface area (Å²) in [4.78, 5) is 0. The molecule has 0 heterocycles. The number of nitrogens with one attached hydrogen (secondary N) is 1. The lowest BCUT2D eigenvalue weighted by Crippen LogP contribution is -2.43. The van der Waals surface area contributed by atoms with Crippen molar-refractivity contribution in [1.82, 2.24) is 5.32 Å². The molecule has 2 fully saturated rings. The lowest BCUT2D eigenvalue weighted by atomic mass is 9.70. The van der Waals surface area contributed by atoms with Crippen LogP contribution < -0.4 is 5.32 Å². The summed E-state index contributed by atoms with van der Waals surface area (Å²) in [7, 11) is 0. The minimum atomic E-state index is -0.0210. The van der Waals surface area contributed by atoms with Gasteiger partial charge in [0, 0.05) is 12.6 Å². The molecule has 0 aromatic heterocycles. The Labute approximate surface area is 87.1 Å². The molecule has 0 amide bonds. The maximum Gasteiger partial charge on any atom is 0.0541 e. The highest BCUT2D eigenvalue weighted by Crippen LogP contribution is 2.39. The fourth-order valence-corrected chi connectivity index (χ4v) is 2.63. The van der Waals surface area contributed by atoms with Gasteiger partial charge in [-0.15, -0.1) is 0 Å². The largest absolute Gasteiger partial charge is 0.393 e. The van der Waals surface area contributed by atoms with E-state index in [0.29, 0.717) is 11.5 Å². The Morgan fingerprint density at radius 1 is 1.21 bits per heavy atom. The summed E-state index contributed by atoms with van der Waals surface area (Å²) in [5.74, 6) is 0. The Bertz CT molecular complexity index is 181. The van der Waals surface area contributed by atoms with E-state index in [-0.39, 0.29) is 6.10 Å². The SMILES string of the molecule is CC1(CNC2CCC(O)CC2)CCC1. The molecule has 0 aromatic rings. The maximum atomic E-state index is 9.38. The van der Waals surface area contributed by atoms with E-state index in [1.807, 2.05) is 0 Å². The van der Waals surface area contributed by atoms with E-state index in [0.717, 1.165) is 25.7 Å². The van der Waals surface area contributed by atoms with E-state index in [9.17, 15) is 5.11 Å². The number of hydrogen-bond donors (Lipinski definition) is 2. The summed E-state index contributed by atoms with van der Waals surface area (Å²) in [5, 5.41) is 13.1. The van der Waals surface area contributed by atoms with Crippen LogP contribution in [0.25, 0.3) is 0 Å². The van der Waals surface area contributed by atoms with Gasteiger partial charge in [0.2, 0.25) is 0 Å². The van der Waals surface area contributed by atoms with Crippen LogP contribution in [0.3, 0.4) is 0 Å². The van der Waals surface area contributed by atoms with E-state index in [2.05, 4.69) is 12.2 Å². The van der Waals surface area contributed by atoms with Crippen molar-refractivity contribution in [3.8, 4) is 0 Å². The van der Waals surface area contributed by atoms with Gasteiger partial charge in [0.25, 0.3) is 0 Å². The molecule has 2 heteroatoms. The first-order valence-corrected chi connectivity index (χ1v) is 6.09. The summed E-state index contributed by atoms with van der Waals surface area (Å²) in [5.41, 5.74) is 0.593. The molecule has 2 rings (SSSR count). The van der Waals surface area contributed by atoms with Crippen LogP contribution in [-0.4, -0.2) is 23.8 Å². The average molecular weight is 197 g/mol. The molecule has 2 saturated carbocycles. The van der Waals surface area contributed by atoms with Gasteiger partial charge in [-0.1, -0.05) is 13.3 Å². The minimum Gasteiger partial charge on any atom is -0.393 e. The molecule has 0 aliphatic heterocycles. The van der Waals surface area contributed by atoms with E-state index in [1.165, 1.54) is 25.8 Å². The molecule has 0 saturated heterocycles. The van der Waals surface area contributed by atoms with Gasteiger partial charge in [-0.3, -0.25) is 0 Å². The Balaban J connectivity index is 1.65. The van der Waals surface area contributed by atoms with Gasteiger partial charge in [-0.2, -0.15) is 0 Å². The van der Waals surface area contributed by atoms with Crippen LogP contribution in [0.1, 0.15) is 51.9 Å². The number of aliphatic hydroxyl groups is 1. The molecule has 14 heavy (non-hydrogen) atoms. The predicted molar refractivity (Wildman–Crippen MR) is 58.2 cm³/mol. The zero-order chi connectivity index (χ0) is 10.0. The van der Waals surface area contributed by atoms with Crippen molar-refractivity contribution in [3.05, 3.63) is 0 Å². The fraction of sp³-hybridized carbons (Fsp3) is 1.00. The van der Waals surface area contributed by atoms with Crippen molar-refractivity contribution in [2.45, 2.75) is 64.0 Å². The second-order valence-corrected chi connectivity index (χ2v) is 5.55. The van der Waals surface area contributed by atoms with Crippen LogP contribution in [0.15, 0.2) is 0 Å². The lowest BCUT2D eigenvalue weighted by Gasteiger charge is -2.40. The second-order valence-electron chi connectivity index (χ2n) is 5.55. The molecule has 2 nitrogen and oxygen atoms in total. The highest BCUT2D eigenvalue weighted by Gasteiger charge is 2.32. The van der Waals surface area contributed by atoms with Crippen molar-refractivity contribution in [3.63, 3.8) is 0 Å². The predicted octanol–water partition coefficient (Wildman–Crippen LogP) is 2.07. The number of rotatable bonds is 3. The number of aliphatic hydroxyl groups excluding tert-OH is 1. The molecule has 82 valence electrons. The van der Waals surface area contributed by atoms with E-state index in [1.54, 1.807) is 0 Å². The highest BCUT2D eigenvalue weighted by molar-refractivity contribution is 4.87. The normalized spacial score (nSPS) is 36.4. The summed E-state index contributed by atoms with van der Waals surface area (Å²) in [6, 6.07) is 0.677. The van der Waals surface area contributed by atoms with Gasteiger partial charge >= 0.3 is 0 Å². The van der Waals surface area contributed by atoms with Gasteiger partial charge in [0.1, 0.15) is 0 Å². The monoisotopic (exact) mass is 197 g/mol. The third-order valence-electron chi connectivity index (χ3n) is 4.07. The van der Waals surface area contributed by atoms with E-state index >= 15 is 0 Å².